The number of aryl methyl sites for hydroxylation is 1. The monoisotopic (exact) mass is 330 g/mol. The van der Waals surface area contributed by atoms with Crippen molar-refractivity contribution in [2.75, 3.05) is 18.4 Å². The third-order valence-electron chi connectivity index (χ3n) is 4.62. The first-order valence-corrected chi connectivity index (χ1v) is 8.12. The number of imidazole rings is 1. The number of carbonyl (C=O) groups excluding carboxylic acids is 2. The minimum absolute atomic E-state index is 0.122. The van der Waals surface area contributed by atoms with Crippen LogP contribution in [0.15, 0.2) is 31.0 Å². The lowest BCUT2D eigenvalue weighted by atomic mass is 9.86. The van der Waals surface area contributed by atoms with Crippen molar-refractivity contribution in [3.05, 3.63) is 31.0 Å². The highest BCUT2D eigenvalue weighted by Gasteiger charge is 2.43. The van der Waals surface area contributed by atoms with Gasteiger partial charge in [0.15, 0.2) is 5.82 Å². The fraction of sp³-hybridized carbons (Fsp3) is 0.500. The number of likely N-dealkylation sites (tertiary alicyclic amines) is 1. The highest BCUT2D eigenvalue weighted by atomic mass is 16.2. The third kappa shape index (κ3) is 2.91. The number of nitrogens with one attached hydrogen (secondary N) is 1. The number of nitrogens with zero attached hydrogens (tertiary/aromatic N) is 5. The van der Waals surface area contributed by atoms with Crippen molar-refractivity contribution in [3.63, 3.8) is 0 Å². The van der Waals surface area contributed by atoms with Crippen LogP contribution in [-0.2, 0) is 22.2 Å². The normalized spacial score (nSPS) is 16.8. The van der Waals surface area contributed by atoms with Crippen molar-refractivity contribution >= 4 is 17.6 Å². The van der Waals surface area contributed by atoms with Crippen LogP contribution in [0.25, 0.3) is 0 Å². The third-order valence-corrected chi connectivity index (χ3v) is 4.62. The molecule has 2 aromatic heterocycles. The zero-order chi connectivity index (χ0) is 17.2. The quantitative estimate of drug-likeness (QED) is 0.906. The van der Waals surface area contributed by atoms with Gasteiger partial charge in [0.05, 0.1) is 6.33 Å². The Bertz CT molecular complexity index is 713. The van der Waals surface area contributed by atoms with Crippen LogP contribution < -0.4 is 5.32 Å². The van der Waals surface area contributed by atoms with Crippen molar-refractivity contribution in [1.82, 2.24) is 24.2 Å². The van der Waals surface area contributed by atoms with Crippen LogP contribution in [0, 0.1) is 0 Å². The number of rotatable bonds is 4. The average Bonchev–Trinajstić information content (AvgIpc) is 3.26. The van der Waals surface area contributed by atoms with Crippen molar-refractivity contribution in [2.24, 2.45) is 7.05 Å². The molecule has 0 spiro atoms. The number of amides is 2. The molecule has 2 amide bonds. The van der Waals surface area contributed by atoms with Gasteiger partial charge in [-0.3, -0.25) is 14.3 Å². The Kier molecular flexibility index (Phi) is 4.37. The molecular formula is C16H22N6O2. The lowest BCUT2D eigenvalue weighted by Crippen LogP contribution is -2.53. The molecule has 1 N–H and O–H groups in total. The summed E-state index contributed by atoms with van der Waals surface area (Å²) < 4.78 is 3.49. The predicted molar refractivity (Wildman–Crippen MR) is 88.1 cm³/mol. The molecule has 1 aliphatic rings. The van der Waals surface area contributed by atoms with E-state index in [1.165, 1.54) is 0 Å². The summed E-state index contributed by atoms with van der Waals surface area (Å²) in [6.45, 7) is 2.97. The van der Waals surface area contributed by atoms with E-state index in [4.69, 9.17) is 0 Å². The molecule has 2 aromatic rings. The van der Waals surface area contributed by atoms with Gasteiger partial charge >= 0.3 is 0 Å². The Morgan fingerprint density at radius 2 is 2.04 bits per heavy atom. The lowest BCUT2D eigenvalue weighted by molar-refractivity contribution is -0.137. The molecule has 8 heteroatoms. The van der Waals surface area contributed by atoms with E-state index in [9.17, 15) is 9.59 Å². The molecule has 0 aliphatic carbocycles. The largest absolute Gasteiger partial charge is 0.343 e. The van der Waals surface area contributed by atoms with Gasteiger partial charge in [0.25, 0.3) is 5.91 Å². The van der Waals surface area contributed by atoms with Gasteiger partial charge in [-0.25, -0.2) is 4.98 Å². The van der Waals surface area contributed by atoms with E-state index in [1.54, 1.807) is 42.7 Å². The molecular weight excluding hydrogens is 308 g/mol. The minimum atomic E-state index is -0.751. The highest BCUT2D eigenvalue weighted by Crippen LogP contribution is 2.32. The first-order valence-electron chi connectivity index (χ1n) is 8.12. The Morgan fingerprint density at radius 3 is 2.58 bits per heavy atom. The summed E-state index contributed by atoms with van der Waals surface area (Å²) in [5.74, 6) is 0.524. The first kappa shape index (κ1) is 16.2. The van der Waals surface area contributed by atoms with Crippen LogP contribution in [0.5, 0.6) is 0 Å². The molecule has 0 bridgehead atoms. The molecule has 0 unspecified atom stereocenters. The summed E-state index contributed by atoms with van der Waals surface area (Å²) >= 11 is 0. The van der Waals surface area contributed by atoms with Crippen molar-refractivity contribution in [3.8, 4) is 0 Å². The average molecular weight is 330 g/mol. The number of hydrogen-bond donors (Lipinski definition) is 1. The Balaban J connectivity index is 1.82. The van der Waals surface area contributed by atoms with Crippen molar-refractivity contribution < 1.29 is 9.59 Å². The van der Waals surface area contributed by atoms with Gasteiger partial charge < -0.3 is 14.8 Å². The van der Waals surface area contributed by atoms with Crippen molar-refractivity contribution in [1.29, 1.82) is 0 Å². The zero-order valence-electron chi connectivity index (χ0n) is 14.0. The SMILES string of the molecule is CCC(=O)N1CCC(C(=O)Nc2ccn(C)n2)(n2ccnc2)CC1. The van der Waals surface area contributed by atoms with Gasteiger partial charge in [-0.05, 0) is 12.8 Å². The number of piperidine rings is 1. The van der Waals surface area contributed by atoms with Gasteiger partial charge in [0.1, 0.15) is 5.54 Å². The molecule has 8 nitrogen and oxygen atoms in total. The van der Waals surface area contributed by atoms with Crippen LogP contribution in [0.4, 0.5) is 5.82 Å². The van der Waals surface area contributed by atoms with Gasteiger partial charge in [-0.1, -0.05) is 6.92 Å². The highest BCUT2D eigenvalue weighted by molar-refractivity contribution is 5.96. The molecule has 24 heavy (non-hydrogen) atoms. The minimum Gasteiger partial charge on any atom is -0.343 e. The van der Waals surface area contributed by atoms with Crippen molar-refractivity contribution in [2.45, 2.75) is 31.7 Å². The maximum atomic E-state index is 13.0. The fourth-order valence-electron chi connectivity index (χ4n) is 3.18. The molecule has 1 fully saturated rings. The van der Waals surface area contributed by atoms with Gasteiger partial charge in [0, 0.05) is 51.2 Å². The summed E-state index contributed by atoms with van der Waals surface area (Å²) in [7, 11) is 1.80. The van der Waals surface area contributed by atoms with Crippen LogP contribution in [0.1, 0.15) is 26.2 Å². The summed E-state index contributed by atoms with van der Waals surface area (Å²) in [6, 6.07) is 1.76. The second-order valence-corrected chi connectivity index (χ2v) is 6.06. The smallest absolute Gasteiger partial charge is 0.251 e. The second-order valence-electron chi connectivity index (χ2n) is 6.06. The number of aromatic nitrogens is 4. The maximum absolute atomic E-state index is 13.0. The molecule has 128 valence electrons. The van der Waals surface area contributed by atoms with E-state index >= 15 is 0 Å². The van der Waals surface area contributed by atoms with Gasteiger partial charge in [0.2, 0.25) is 5.91 Å². The second kappa shape index (κ2) is 6.46. The van der Waals surface area contributed by atoms with E-state index < -0.39 is 5.54 Å². The van der Waals surface area contributed by atoms with Crippen LogP contribution >= 0.6 is 0 Å². The van der Waals surface area contributed by atoms with Crippen LogP contribution in [-0.4, -0.2) is 49.1 Å². The standard InChI is InChI=1S/C16H22N6O2/c1-3-14(23)21-9-5-16(6-10-21,22-11-7-17-12-22)15(24)18-13-4-8-20(2)19-13/h4,7-8,11-12H,3,5-6,9-10H2,1-2H3,(H,18,19,24). The summed E-state index contributed by atoms with van der Waals surface area (Å²) in [5, 5.41) is 7.11. The molecule has 3 heterocycles. The molecule has 1 saturated heterocycles. The van der Waals surface area contributed by atoms with E-state index in [-0.39, 0.29) is 11.8 Å². The predicted octanol–water partition coefficient (Wildman–Crippen LogP) is 0.983. The number of hydrogen-bond acceptors (Lipinski definition) is 4. The Hall–Kier alpha value is -2.64. The van der Waals surface area contributed by atoms with Gasteiger partial charge in [-0.15, -0.1) is 0 Å². The Morgan fingerprint density at radius 1 is 1.29 bits per heavy atom. The number of carbonyl (C=O) groups is 2. The van der Waals surface area contributed by atoms with E-state index in [0.29, 0.717) is 38.2 Å². The van der Waals surface area contributed by atoms with Crippen LogP contribution in [0.3, 0.4) is 0 Å². The van der Waals surface area contributed by atoms with E-state index in [2.05, 4.69) is 15.4 Å². The summed E-state index contributed by atoms with van der Waals surface area (Å²) in [6.07, 6.45) is 8.49. The summed E-state index contributed by atoms with van der Waals surface area (Å²) in [5.41, 5.74) is -0.751. The first-order chi connectivity index (χ1) is 11.5. The zero-order valence-corrected chi connectivity index (χ0v) is 14.0. The molecule has 3 rings (SSSR count). The lowest BCUT2D eigenvalue weighted by Gasteiger charge is -2.41. The molecule has 1 aliphatic heterocycles. The summed E-state index contributed by atoms with van der Waals surface area (Å²) in [4.78, 5) is 30.9. The molecule has 0 atom stereocenters. The maximum Gasteiger partial charge on any atom is 0.251 e. The molecule has 0 aromatic carbocycles. The van der Waals surface area contributed by atoms with E-state index in [1.807, 2.05) is 16.4 Å². The Labute approximate surface area is 140 Å². The molecule has 0 saturated carbocycles. The number of anilines is 1. The topological polar surface area (TPSA) is 85.0 Å². The molecule has 0 radical (unpaired) electrons. The van der Waals surface area contributed by atoms with Gasteiger partial charge in [-0.2, -0.15) is 5.10 Å². The van der Waals surface area contributed by atoms with Crippen LogP contribution in [0.2, 0.25) is 0 Å². The van der Waals surface area contributed by atoms with E-state index in [0.717, 1.165) is 0 Å². The fourth-order valence-corrected chi connectivity index (χ4v) is 3.18.